The van der Waals surface area contributed by atoms with Gasteiger partial charge in [-0.05, 0) is 6.42 Å². The van der Waals surface area contributed by atoms with E-state index in [1.165, 1.54) is 0 Å². The van der Waals surface area contributed by atoms with Crippen LogP contribution in [0, 0.1) is 0 Å². The molecule has 1 aromatic rings. The second-order valence-corrected chi connectivity index (χ2v) is 3.26. The monoisotopic (exact) mass is 176 g/mol. The first kappa shape index (κ1) is 8.23. The van der Waals surface area contributed by atoms with Gasteiger partial charge in [0.2, 0.25) is 5.91 Å². The molecule has 13 heavy (non-hydrogen) atoms. The second kappa shape index (κ2) is 3.17. The maximum absolute atomic E-state index is 11.5. The van der Waals surface area contributed by atoms with Crippen molar-refractivity contribution in [2.24, 2.45) is 4.99 Å². The van der Waals surface area contributed by atoms with E-state index in [2.05, 4.69) is 4.99 Å². The SMILES string of the molecule is CCCC(=O)n1cc2c(c1)CN=C2. The number of hydrogen-bond acceptors (Lipinski definition) is 2. The van der Waals surface area contributed by atoms with Crippen LogP contribution < -0.4 is 0 Å². The van der Waals surface area contributed by atoms with Crippen LogP contribution >= 0.6 is 0 Å². The molecule has 0 saturated heterocycles. The van der Waals surface area contributed by atoms with Gasteiger partial charge in [-0.1, -0.05) is 6.92 Å². The van der Waals surface area contributed by atoms with Gasteiger partial charge in [0.05, 0.1) is 6.54 Å². The Bertz CT molecular complexity index is 363. The number of carbonyl (C=O) groups excluding carboxylic acids is 1. The van der Waals surface area contributed by atoms with Crippen LogP contribution in [0.2, 0.25) is 0 Å². The number of aliphatic imine (C=N–C) groups is 1. The molecule has 68 valence electrons. The largest absolute Gasteiger partial charge is 0.294 e. The van der Waals surface area contributed by atoms with Gasteiger partial charge < -0.3 is 0 Å². The molecule has 2 heterocycles. The number of rotatable bonds is 2. The van der Waals surface area contributed by atoms with E-state index in [4.69, 9.17) is 0 Å². The summed E-state index contributed by atoms with van der Waals surface area (Å²) in [6.07, 6.45) is 7.09. The highest BCUT2D eigenvalue weighted by Gasteiger charge is 2.11. The smallest absolute Gasteiger partial charge is 0.230 e. The number of fused-ring (bicyclic) bond motifs is 1. The minimum absolute atomic E-state index is 0.172. The lowest BCUT2D eigenvalue weighted by atomic mass is 10.2. The molecule has 0 bridgehead atoms. The summed E-state index contributed by atoms with van der Waals surface area (Å²) in [5.41, 5.74) is 2.24. The first-order chi connectivity index (χ1) is 6.31. The summed E-state index contributed by atoms with van der Waals surface area (Å²) in [4.78, 5) is 15.6. The second-order valence-electron chi connectivity index (χ2n) is 3.26. The first-order valence-corrected chi connectivity index (χ1v) is 4.55. The molecule has 2 rings (SSSR count). The van der Waals surface area contributed by atoms with Crippen molar-refractivity contribution in [3.63, 3.8) is 0 Å². The van der Waals surface area contributed by atoms with Crippen molar-refractivity contribution >= 4 is 12.1 Å². The molecule has 0 radical (unpaired) electrons. The molecule has 0 saturated carbocycles. The Hall–Kier alpha value is -1.38. The highest BCUT2D eigenvalue weighted by atomic mass is 16.1. The molecule has 1 aromatic heterocycles. The molecule has 3 heteroatoms. The Labute approximate surface area is 77.1 Å². The highest BCUT2D eigenvalue weighted by molar-refractivity contribution is 5.87. The van der Waals surface area contributed by atoms with Gasteiger partial charge in [0, 0.05) is 36.2 Å². The number of aromatic nitrogens is 1. The summed E-state index contributed by atoms with van der Waals surface area (Å²) < 4.78 is 1.68. The third kappa shape index (κ3) is 1.41. The van der Waals surface area contributed by atoms with Gasteiger partial charge in [-0.25, -0.2) is 0 Å². The first-order valence-electron chi connectivity index (χ1n) is 4.55. The van der Waals surface area contributed by atoms with Crippen molar-refractivity contribution in [1.82, 2.24) is 4.57 Å². The van der Waals surface area contributed by atoms with Crippen LogP contribution in [0.1, 0.15) is 35.7 Å². The van der Waals surface area contributed by atoms with E-state index in [-0.39, 0.29) is 5.91 Å². The van der Waals surface area contributed by atoms with E-state index in [1.54, 1.807) is 4.57 Å². The molecule has 1 aliphatic heterocycles. The van der Waals surface area contributed by atoms with Crippen molar-refractivity contribution in [3.05, 3.63) is 23.5 Å². The van der Waals surface area contributed by atoms with Gasteiger partial charge in [0.25, 0.3) is 0 Å². The molecule has 0 amide bonds. The molecule has 0 fully saturated rings. The minimum Gasteiger partial charge on any atom is -0.294 e. The van der Waals surface area contributed by atoms with Crippen LogP contribution in [-0.4, -0.2) is 16.7 Å². The molecule has 3 nitrogen and oxygen atoms in total. The maximum Gasteiger partial charge on any atom is 0.230 e. The van der Waals surface area contributed by atoms with E-state index in [0.717, 1.165) is 24.1 Å². The predicted octanol–water partition coefficient (Wildman–Crippen LogP) is 1.86. The fourth-order valence-electron chi connectivity index (χ4n) is 1.49. The maximum atomic E-state index is 11.5. The molecule has 0 aromatic carbocycles. The van der Waals surface area contributed by atoms with Crippen LogP contribution in [0.3, 0.4) is 0 Å². The zero-order valence-electron chi connectivity index (χ0n) is 7.66. The van der Waals surface area contributed by atoms with Crippen molar-refractivity contribution in [3.8, 4) is 0 Å². The van der Waals surface area contributed by atoms with Gasteiger partial charge in [-0.3, -0.25) is 14.4 Å². The van der Waals surface area contributed by atoms with Crippen molar-refractivity contribution in [2.75, 3.05) is 0 Å². The van der Waals surface area contributed by atoms with E-state index >= 15 is 0 Å². The Balaban J connectivity index is 2.23. The fraction of sp³-hybridized carbons (Fsp3) is 0.400. The number of nitrogens with zero attached hydrogens (tertiary/aromatic N) is 2. The van der Waals surface area contributed by atoms with Crippen LogP contribution in [0.4, 0.5) is 0 Å². The highest BCUT2D eigenvalue weighted by Crippen LogP contribution is 2.15. The van der Waals surface area contributed by atoms with Crippen LogP contribution in [0.25, 0.3) is 0 Å². The van der Waals surface area contributed by atoms with E-state index in [1.807, 2.05) is 25.5 Å². The molecular formula is C10H12N2O. The van der Waals surface area contributed by atoms with Crippen molar-refractivity contribution in [1.29, 1.82) is 0 Å². The average Bonchev–Trinajstić information content (AvgIpc) is 2.61. The van der Waals surface area contributed by atoms with Crippen molar-refractivity contribution in [2.45, 2.75) is 26.3 Å². The lowest BCUT2D eigenvalue weighted by molar-refractivity contribution is 0.0902. The quantitative estimate of drug-likeness (QED) is 0.677. The Morgan fingerprint density at radius 1 is 1.62 bits per heavy atom. The van der Waals surface area contributed by atoms with Crippen LogP contribution in [-0.2, 0) is 6.54 Å². The molecule has 1 aliphatic rings. The molecular weight excluding hydrogens is 164 g/mol. The van der Waals surface area contributed by atoms with Gasteiger partial charge in [0.1, 0.15) is 0 Å². The minimum atomic E-state index is 0.172. The molecule has 0 spiro atoms. The summed E-state index contributed by atoms with van der Waals surface area (Å²) in [6.45, 7) is 2.73. The Morgan fingerprint density at radius 3 is 3.15 bits per heavy atom. The third-order valence-corrected chi connectivity index (χ3v) is 2.19. The third-order valence-electron chi connectivity index (χ3n) is 2.19. The summed E-state index contributed by atoms with van der Waals surface area (Å²) in [5, 5.41) is 0. The molecule has 0 atom stereocenters. The van der Waals surface area contributed by atoms with Crippen LogP contribution in [0.15, 0.2) is 17.4 Å². The zero-order chi connectivity index (χ0) is 9.26. The molecule has 0 unspecified atom stereocenters. The summed E-state index contributed by atoms with van der Waals surface area (Å²) in [5.74, 6) is 0.172. The summed E-state index contributed by atoms with van der Waals surface area (Å²) >= 11 is 0. The normalized spacial score (nSPS) is 13.3. The fourth-order valence-corrected chi connectivity index (χ4v) is 1.49. The standard InChI is InChI=1S/C10H12N2O/c1-2-3-10(13)12-6-8-4-11-5-9(8)7-12/h4,6-7H,2-3,5H2,1H3. The lowest BCUT2D eigenvalue weighted by Crippen LogP contribution is -2.07. The molecule has 0 N–H and O–H groups in total. The summed E-state index contributed by atoms with van der Waals surface area (Å²) in [6, 6.07) is 0. The van der Waals surface area contributed by atoms with Crippen LogP contribution in [0.5, 0.6) is 0 Å². The predicted molar refractivity (Wildman–Crippen MR) is 51.3 cm³/mol. The van der Waals surface area contributed by atoms with E-state index in [9.17, 15) is 4.79 Å². The van der Waals surface area contributed by atoms with Gasteiger partial charge >= 0.3 is 0 Å². The van der Waals surface area contributed by atoms with Gasteiger partial charge in [-0.2, -0.15) is 0 Å². The van der Waals surface area contributed by atoms with Crippen molar-refractivity contribution < 1.29 is 4.79 Å². The van der Waals surface area contributed by atoms with Gasteiger partial charge in [-0.15, -0.1) is 0 Å². The molecule has 0 aliphatic carbocycles. The zero-order valence-corrected chi connectivity index (χ0v) is 7.66. The van der Waals surface area contributed by atoms with Gasteiger partial charge in [0.15, 0.2) is 0 Å². The number of carbonyl (C=O) groups is 1. The van der Waals surface area contributed by atoms with E-state index < -0.39 is 0 Å². The van der Waals surface area contributed by atoms with E-state index in [0.29, 0.717) is 6.42 Å². The lowest BCUT2D eigenvalue weighted by Gasteiger charge is -1.98. The Morgan fingerprint density at radius 2 is 2.46 bits per heavy atom. The Kier molecular flexibility index (Phi) is 2.00. The average molecular weight is 176 g/mol. The topological polar surface area (TPSA) is 34.4 Å². The number of hydrogen-bond donors (Lipinski definition) is 0. The summed E-state index contributed by atoms with van der Waals surface area (Å²) in [7, 11) is 0.